The molecule has 0 saturated heterocycles. The van der Waals surface area contributed by atoms with Crippen LogP contribution < -0.4 is 5.32 Å². The summed E-state index contributed by atoms with van der Waals surface area (Å²) in [5.74, 6) is 0.935. The highest BCUT2D eigenvalue weighted by atomic mass is 16.5. The monoisotopic (exact) mass is 511 g/mol. The highest BCUT2D eigenvalue weighted by Gasteiger charge is 2.68. The zero-order valence-corrected chi connectivity index (χ0v) is 23.5. The number of fused-ring (bicyclic) bond motifs is 7. The van der Waals surface area contributed by atoms with Gasteiger partial charge in [0, 0.05) is 26.8 Å². The Morgan fingerprint density at radius 1 is 1.16 bits per heavy atom. The first-order valence-electron chi connectivity index (χ1n) is 14.4. The number of hydrogen-bond donors (Lipinski definition) is 2. The third kappa shape index (κ3) is 4.04. The number of allylic oxidation sites excluding steroid dienone is 2. The maximum absolute atomic E-state index is 13.5. The van der Waals surface area contributed by atoms with Gasteiger partial charge < -0.3 is 15.2 Å². The summed E-state index contributed by atoms with van der Waals surface area (Å²) in [6.45, 7) is 12.3. The minimum atomic E-state index is -1.07. The van der Waals surface area contributed by atoms with Crippen LogP contribution in [0.2, 0.25) is 0 Å². The molecule has 37 heavy (non-hydrogen) atoms. The van der Waals surface area contributed by atoms with E-state index in [1.54, 1.807) is 0 Å². The van der Waals surface area contributed by atoms with Crippen molar-refractivity contribution in [3.63, 3.8) is 0 Å². The van der Waals surface area contributed by atoms with E-state index in [4.69, 9.17) is 4.74 Å². The molecule has 0 heterocycles. The number of carbonyl (C=O) groups excluding carboxylic acids is 3. The molecule has 5 aliphatic carbocycles. The second-order valence-electron chi connectivity index (χ2n) is 13.5. The van der Waals surface area contributed by atoms with Gasteiger partial charge in [-0.1, -0.05) is 32.4 Å². The minimum absolute atomic E-state index is 0.00663. The quantitative estimate of drug-likeness (QED) is 0.405. The first-order valence-corrected chi connectivity index (χ1v) is 14.4. The number of ketones is 1. The van der Waals surface area contributed by atoms with Crippen LogP contribution in [0.4, 0.5) is 0 Å². The fraction of sp³-hybridized carbons (Fsp3) is 0.774. The first kappa shape index (κ1) is 26.6. The predicted octanol–water partition coefficient (Wildman–Crippen LogP) is 4.90. The summed E-state index contributed by atoms with van der Waals surface area (Å²) >= 11 is 0. The summed E-state index contributed by atoms with van der Waals surface area (Å²) in [6.07, 6.45) is 9.58. The third-order valence-electron chi connectivity index (χ3n) is 11.3. The van der Waals surface area contributed by atoms with Crippen LogP contribution in [0.3, 0.4) is 0 Å². The largest absolute Gasteiger partial charge is 0.462 e. The fourth-order valence-electron chi connectivity index (χ4n) is 9.68. The minimum Gasteiger partial charge on any atom is -0.462 e. The van der Waals surface area contributed by atoms with Crippen LogP contribution in [0.1, 0.15) is 92.9 Å². The summed E-state index contributed by atoms with van der Waals surface area (Å²) in [6, 6.07) is 0. The molecule has 0 radical (unpaired) electrons. The second-order valence-corrected chi connectivity index (χ2v) is 13.5. The van der Waals surface area contributed by atoms with E-state index in [-0.39, 0.29) is 40.5 Å². The van der Waals surface area contributed by atoms with Gasteiger partial charge in [-0.3, -0.25) is 14.4 Å². The van der Waals surface area contributed by atoms with Crippen LogP contribution in [0.5, 0.6) is 0 Å². The summed E-state index contributed by atoms with van der Waals surface area (Å²) in [7, 11) is 0. The van der Waals surface area contributed by atoms with Crippen LogP contribution >= 0.6 is 0 Å². The number of Topliss-reactive ketones (excluding diaryl/α,β-unsaturated/α-hetero) is 1. The molecule has 0 aromatic heterocycles. The van der Waals surface area contributed by atoms with Crippen molar-refractivity contribution in [3.8, 4) is 0 Å². The lowest BCUT2D eigenvalue weighted by molar-refractivity contribution is -0.148. The van der Waals surface area contributed by atoms with Crippen molar-refractivity contribution in [1.29, 1.82) is 0 Å². The molecule has 5 rings (SSSR count). The lowest BCUT2D eigenvalue weighted by Crippen LogP contribution is -2.49. The van der Waals surface area contributed by atoms with Crippen molar-refractivity contribution in [2.75, 3.05) is 6.54 Å². The predicted molar refractivity (Wildman–Crippen MR) is 141 cm³/mol. The molecule has 6 heteroatoms. The van der Waals surface area contributed by atoms with E-state index in [0.29, 0.717) is 37.1 Å². The molecule has 9 atom stereocenters. The van der Waals surface area contributed by atoms with Gasteiger partial charge >= 0.3 is 5.97 Å². The van der Waals surface area contributed by atoms with E-state index < -0.39 is 11.5 Å². The zero-order chi connectivity index (χ0) is 26.9. The highest BCUT2D eigenvalue weighted by molar-refractivity contribution is 6.02. The maximum Gasteiger partial charge on any atom is 0.302 e. The number of rotatable bonds is 5. The topological polar surface area (TPSA) is 92.7 Å². The third-order valence-corrected chi connectivity index (χ3v) is 11.3. The molecule has 0 aliphatic heterocycles. The molecule has 5 aliphatic rings. The number of carbonyl (C=O) groups is 3. The van der Waals surface area contributed by atoms with Gasteiger partial charge in [0.2, 0.25) is 5.91 Å². The Morgan fingerprint density at radius 2 is 1.86 bits per heavy atom. The SMILES string of the molecule is CC(=O)NC[C@@H](C)C[C@@H]1C(=O)C(C)=C2[C@@]3(C)CC[C@H]4[C@@H](CC=C5C[C@@H](OC(C)=O)CC[C@@]54C)[C@@H]3C[C@]21O. The molecule has 3 fully saturated rings. The Morgan fingerprint density at radius 3 is 2.54 bits per heavy atom. The lowest BCUT2D eigenvalue weighted by Gasteiger charge is -2.57. The molecule has 6 nitrogen and oxygen atoms in total. The number of esters is 1. The Hall–Kier alpha value is -1.95. The molecular formula is C31H45NO5. The maximum atomic E-state index is 13.5. The summed E-state index contributed by atoms with van der Waals surface area (Å²) in [5, 5.41) is 15.2. The number of ether oxygens (including phenoxy) is 1. The number of nitrogens with one attached hydrogen (secondary N) is 1. The van der Waals surface area contributed by atoms with Crippen LogP contribution in [-0.2, 0) is 19.1 Å². The molecule has 2 N–H and O–H groups in total. The molecule has 3 saturated carbocycles. The van der Waals surface area contributed by atoms with Gasteiger partial charge in [0.25, 0.3) is 0 Å². The molecule has 0 spiro atoms. The molecule has 0 unspecified atom stereocenters. The summed E-state index contributed by atoms with van der Waals surface area (Å²) in [5.41, 5.74) is 2.18. The highest BCUT2D eigenvalue weighted by Crippen LogP contribution is 2.71. The number of hydrogen-bond acceptors (Lipinski definition) is 5. The summed E-state index contributed by atoms with van der Waals surface area (Å²) in [4.78, 5) is 36.5. The van der Waals surface area contributed by atoms with Crippen LogP contribution in [0.15, 0.2) is 22.8 Å². The van der Waals surface area contributed by atoms with E-state index in [0.717, 1.165) is 49.7 Å². The zero-order valence-electron chi connectivity index (χ0n) is 23.5. The molecule has 204 valence electrons. The van der Waals surface area contributed by atoms with Gasteiger partial charge in [-0.15, -0.1) is 0 Å². The first-order chi connectivity index (χ1) is 17.3. The number of amides is 1. The van der Waals surface area contributed by atoms with Crippen LogP contribution in [-0.4, -0.2) is 41.0 Å². The standard InChI is InChI=1S/C31H45NO5/c1-17(16-32-19(3)33)13-25-27(35)18(2)28-30(6)12-10-24-23(26(30)15-31(25,28)36)8-7-21-14-22(37-20(4)34)9-11-29(21,24)5/h7,17,22-26,36H,8-16H2,1-6H3,(H,32,33)/t17-,22-,23+,24-,25+,26-,29-,30-,31+/m0/s1. The van der Waals surface area contributed by atoms with Gasteiger partial charge in [0.1, 0.15) is 6.10 Å². The Bertz CT molecular complexity index is 1080. The van der Waals surface area contributed by atoms with E-state index >= 15 is 0 Å². The second kappa shape index (κ2) is 9.07. The van der Waals surface area contributed by atoms with Crippen molar-refractivity contribution in [1.82, 2.24) is 5.32 Å². The van der Waals surface area contributed by atoms with E-state index in [2.05, 4.69) is 32.2 Å². The average molecular weight is 512 g/mol. The van der Waals surface area contributed by atoms with E-state index in [9.17, 15) is 19.5 Å². The average Bonchev–Trinajstić information content (AvgIpc) is 3.17. The van der Waals surface area contributed by atoms with Crippen molar-refractivity contribution in [3.05, 3.63) is 22.8 Å². The number of aliphatic hydroxyl groups is 1. The Kier molecular flexibility index (Phi) is 6.53. The Labute approximate surface area is 221 Å². The smallest absolute Gasteiger partial charge is 0.302 e. The van der Waals surface area contributed by atoms with Crippen molar-refractivity contribution in [2.45, 2.75) is 105 Å². The normalized spacial score (nSPS) is 43.3. The van der Waals surface area contributed by atoms with Gasteiger partial charge in [-0.25, -0.2) is 0 Å². The molecule has 0 bridgehead atoms. The van der Waals surface area contributed by atoms with Gasteiger partial charge in [-0.05, 0) is 97.5 Å². The van der Waals surface area contributed by atoms with E-state index in [1.165, 1.54) is 19.4 Å². The van der Waals surface area contributed by atoms with Gasteiger partial charge in [0.15, 0.2) is 5.78 Å². The van der Waals surface area contributed by atoms with Crippen molar-refractivity contribution >= 4 is 17.7 Å². The van der Waals surface area contributed by atoms with Crippen molar-refractivity contribution < 1.29 is 24.2 Å². The summed E-state index contributed by atoms with van der Waals surface area (Å²) < 4.78 is 5.59. The van der Waals surface area contributed by atoms with Gasteiger partial charge in [-0.2, -0.15) is 0 Å². The van der Waals surface area contributed by atoms with Crippen molar-refractivity contribution in [2.24, 2.45) is 40.4 Å². The molecule has 1 amide bonds. The van der Waals surface area contributed by atoms with Gasteiger partial charge in [0.05, 0.1) is 11.5 Å². The van der Waals surface area contributed by atoms with Crippen LogP contribution in [0.25, 0.3) is 0 Å². The molecule has 0 aromatic carbocycles. The Balaban J connectivity index is 1.42. The lowest BCUT2D eigenvalue weighted by atomic mass is 9.47. The molecule has 0 aromatic rings. The molecular weight excluding hydrogens is 466 g/mol. The van der Waals surface area contributed by atoms with E-state index in [1.807, 2.05) is 6.92 Å². The van der Waals surface area contributed by atoms with Crippen LogP contribution in [0, 0.1) is 40.4 Å². The fourth-order valence-corrected chi connectivity index (χ4v) is 9.68.